The molecule has 0 bridgehead atoms. The highest BCUT2D eigenvalue weighted by Gasteiger charge is 2.21. The Kier molecular flexibility index (Phi) is 6.24. The average Bonchev–Trinajstić information content (AvgIpc) is 3.10. The maximum atomic E-state index is 12.4. The molecule has 1 atom stereocenters. The Balaban J connectivity index is 1.63. The lowest BCUT2D eigenvalue weighted by Gasteiger charge is -2.19. The molecule has 1 aliphatic carbocycles. The van der Waals surface area contributed by atoms with Crippen molar-refractivity contribution >= 4 is 29.4 Å². The number of carbonyl (C=O) groups excluding carboxylic acids is 1. The molecule has 6 nitrogen and oxygen atoms in total. The van der Waals surface area contributed by atoms with Gasteiger partial charge in [0.2, 0.25) is 0 Å². The number of hydrogen-bond acceptors (Lipinski definition) is 5. The molecule has 0 radical (unpaired) electrons. The van der Waals surface area contributed by atoms with Gasteiger partial charge in [0.05, 0.1) is 11.1 Å². The Morgan fingerprint density at radius 2 is 2.22 bits per heavy atom. The van der Waals surface area contributed by atoms with Crippen LogP contribution in [-0.4, -0.2) is 29.8 Å². The summed E-state index contributed by atoms with van der Waals surface area (Å²) in [5, 5.41) is 12.7. The minimum absolute atomic E-state index is 0.234. The number of benzene rings is 1. The predicted molar refractivity (Wildman–Crippen MR) is 105 cm³/mol. The summed E-state index contributed by atoms with van der Waals surface area (Å²) in [6.07, 6.45) is 5.91. The van der Waals surface area contributed by atoms with Crippen LogP contribution in [0.2, 0.25) is 0 Å². The summed E-state index contributed by atoms with van der Waals surface area (Å²) in [5.41, 5.74) is 4.43. The summed E-state index contributed by atoms with van der Waals surface area (Å²) in [7, 11) is 0. The third-order valence-corrected chi connectivity index (χ3v) is 5.86. The molecule has 0 fully saturated rings. The number of para-hydroxylation sites is 1. The normalized spacial score (nSPS) is 16.1. The summed E-state index contributed by atoms with van der Waals surface area (Å²) in [6, 6.07) is 8.91. The van der Waals surface area contributed by atoms with E-state index in [1.165, 1.54) is 29.5 Å². The first-order chi connectivity index (χ1) is 13.1. The summed E-state index contributed by atoms with van der Waals surface area (Å²) < 4.78 is 5.22. The van der Waals surface area contributed by atoms with Crippen molar-refractivity contribution in [1.29, 1.82) is 0 Å². The van der Waals surface area contributed by atoms with Crippen molar-refractivity contribution in [2.75, 3.05) is 6.61 Å². The van der Waals surface area contributed by atoms with Gasteiger partial charge < -0.3 is 9.84 Å². The van der Waals surface area contributed by atoms with Crippen molar-refractivity contribution in [2.24, 2.45) is 11.0 Å². The van der Waals surface area contributed by atoms with Gasteiger partial charge in [0.25, 0.3) is 5.91 Å². The Morgan fingerprint density at radius 1 is 1.41 bits per heavy atom. The van der Waals surface area contributed by atoms with Gasteiger partial charge in [0.1, 0.15) is 5.75 Å². The largest absolute Gasteiger partial charge is 0.481 e. The molecule has 0 aliphatic heterocycles. The number of aliphatic carboxylic acids is 1. The first-order valence-electron chi connectivity index (χ1n) is 8.95. The summed E-state index contributed by atoms with van der Waals surface area (Å²) in [4.78, 5) is 25.0. The second-order valence-electron chi connectivity index (χ2n) is 6.50. The quantitative estimate of drug-likeness (QED) is 0.563. The van der Waals surface area contributed by atoms with Crippen molar-refractivity contribution in [3.05, 3.63) is 51.2 Å². The van der Waals surface area contributed by atoms with Crippen molar-refractivity contribution in [3.8, 4) is 5.75 Å². The molecule has 0 saturated heterocycles. The topological polar surface area (TPSA) is 88.0 Å². The Labute approximate surface area is 161 Å². The SMILES string of the molecule is CCC1CCc2sc(C(=O)N/N=C/c3ccccc3OCC(=O)O)cc2C1. The molecule has 7 heteroatoms. The molecular weight excluding hydrogens is 364 g/mol. The number of nitrogens with zero attached hydrogens (tertiary/aromatic N) is 1. The molecular formula is C20H22N2O4S. The molecule has 27 heavy (non-hydrogen) atoms. The van der Waals surface area contributed by atoms with E-state index in [1.807, 2.05) is 6.07 Å². The monoisotopic (exact) mass is 386 g/mol. The van der Waals surface area contributed by atoms with E-state index in [2.05, 4.69) is 17.5 Å². The van der Waals surface area contributed by atoms with Gasteiger partial charge in [-0.25, -0.2) is 10.2 Å². The van der Waals surface area contributed by atoms with Crippen LogP contribution >= 0.6 is 11.3 Å². The van der Waals surface area contributed by atoms with Crippen LogP contribution in [0.4, 0.5) is 0 Å². The van der Waals surface area contributed by atoms with Gasteiger partial charge in [-0.2, -0.15) is 5.10 Å². The number of hydrazone groups is 1. The number of rotatable bonds is 7. The number of hydrogen-bond donors (Lipinski definition) is 2. The highest BCUT2D eigenvalue weighted by atomic mass is 32.1. The Hall–Kier alpha value is -2.67. The van der Waals surface area contributed by atoms with E-state index >= 15 is 0 Å². The Bertz CT molecular complexity index is 859. The zero-order chi connectivity index (χ0) is 19.2. The van der Waals surface area contributed by atoms with Gasteiger partial charge in [0, 0.05) is 10.4 Å². The van der Waals surface area contributed by atoms with Crippen molar-refractivity contribution in [2.45, 2.75) is 32.6 Å². The highest BCUT2D eigenvalue weighted by Crippen LogP contribution is 2.33. The lowest BCUT2D eigenvalue weighted by atomic mass is 9.87. The third-order valence-electron chi connectivity index (χ3n) is 4.63. The third kappa shape index (κ3) is 4.95. The van der Waals surface area contributed by atoms with Gasteiger partial charge in [-0.05, 0) is 48.9 Å². The standard InChI is InChI=1S/C20H22N2O4S/c1-2-13-7-8-17-15(9-13)10-18(27-17)20(25)22-21-11-14-5-3-4-6-16(14)26-12-19(23)24/h3-6,10-11,13H,2,7-9,12H2,1H3,(H,22,25)(H,23,24)/b21-11+. The van der Waals surface area contributed by atoms with Crippen LogP contribution < -0.4 is 10.2 Å². The number of nitrogens with one attached hydrogen (secondary N) is 1. The fourth-order valence-electron chi connectivity index (χ4n) is 3.13. The summed E-state index contributed by atoms with van der Waals surface area (Å²) >= 11 is 1.54. The molecule has 3 rings (SSSR count). The fraction of sp³-hybridized carbons (Fsp3) is 0.350. The summed E-state index contributed by atoms with van der Waals surface area (Å²) in [6.45, 7) is 1.78. The van der Waals surface area contributed by atoms with Crippen LogP contribution in [0.3, 0.4) is 0 Å². The van der Waals surface area contributed by atoms with Gasteiger partial charge in [-0.1, -0.05) is 25.5 Å². The summed E-state index contributed by atoms with van der Waals surface area (Å²) in [5.74, 6) is -0.178. The second kappa shape index (κ2) is 8.81. The number of ether oxygens (including phenoxy) is 1. The molecule has 1 aliphatic rings. The average molecular weight is 386 g/mol. The zero-order valence-corrected chi connectivity index (χ0v) is 15.9. The smallest absolute Gasteiger partial charge is 0.341 e. The first-order valence-corrected chi connectivity index (χ1v) is 9.77. The van der Waals surface area contributed by atoms with Crippen molar-refractivity contribution in [1.82, 2.24) is 5.43 Å². The van der Waals surface area contributed by atoms with Crippen molar-refractivity contribution in [3.63, 3.8) is 0 Å². The first kappa shape index (κ1) is 19.1. The highest BCUT2D eigenvalue weighted by molar-refractivity contribution is 7.14. The number of fused-ring (bicyclic) bond motifs is 1. The molecule has 2 aromatic rings. The molecule has 1 unspecified atom stereocenters. The van der Waals surface area contributed by atoms with Gasteiger partial charge in [-0.15, -0.1) is 11.3 Å². The predicted octanol–water partition coefficient (Wildman–Crippen LogP) is 3.49. The second-order valence-corrected chi connectivity index (χ2v) is 7.63. The van der Waals surface area contributed by atoms with E-state index in [0.717, 1.165) is 12.8 Å². The molecule has 1 aromatic carbocycles. The van der Waals surface area contributed by atoms with E-state index in [9.17, 15) is 9.59 Å². The van der Waals surface area contributed by atoms with Crippen LogP contribution in [0, 0.1) is 5.92 Å². The van der Waals surface area contributed by atoms with Crippen molar-refractivity contribution < 1.29 is 19.4 Å². The van der Waals surface area contributed by atoms with Gasteiger partial charge in [0.15, 0.2) is 6.61 Å². The molecule has 0 spiro atoms. The van der Waals surface area contributed by atoms with Crippen LogP contribution in [0.25, 0.3) is 0 Å². The number of amides is 1. The number of carboxylic acid groups (broad SMARTS) is 1. The molecule has 1 aromatic heterocycles. The number of carboxylic acids is 1. The fourth-order valence-corrected chi connectivity index (χ4v) is 4.23. The lowest BCUT2D eigenvalue weighted by Crippen LogP contribution is -2.16. The molecule has 0 saturated carbocycles. The van der Waals surface area contributed by atoms with E-state index in [4.69, 9.17) is 9.84 Å². The molecule has 1 amide bonds. The van der Waals surface area contributed by atoms with E-state index in [-0.39, 0.29) is 5.91 Å². The van der Waals surface area contributed by atoms with E-state index < -0.39 is 12.6 Å². The maximum absolute atomic E-state index is 12.4. The van der Waals surface area contributed by atoms with E-state index in [1.54, 1.807) is 35.6 Å². The molecule has 142 valence electrons. The van der Waals surface area contributed by atoms with Crippen LogP contribution in [-0.2, 0) is 17.6 Å². The van der Waals surface area contributed by atoms with Crippen LogP contribution in [0.15, 0.2) is 35.4 Å². The van der Waals surface area contributed by atoms with Crippen LogP contribution in [0.5, 0.6) is 5.75 Å². The molecule has 2 N–H and O–H groups in total. The minimum Gasteiger partial charge on any atom is -0.481 e. The minimum atomic E-state index is -1.05. The van der Waals surface area contributed by atoms with Gasteiger partial charge >= 0.3 is 5.97 Å². The lowest BCUT2D eigenvalue weighted by molar-refractivity contribution is -0.139. The maximum Gasteiger partial charge on any atom is 0.341 e. The number of carbonyl (C=O) groups is 2. The van der Waals surface area contributed by atoms with Crippen LogP contribution in [0.1, 0.15) is 45.4 Å². The van der Waals surface area contributed by atoms with Gasteiger partial charge in [-0.3, -0.25) is 4.79 Å². The van der Waals surface area contributed by atoms with E-state index in [0.29, 0.717) is 22.1 Å². The number of aryl methyl sites for hydroxylation is 1. The Morgan fingerprint density at radius 3 is 3.00 bits per heavy atom. The zero-order valence-electron chi connectivity index (χ0n) is 15.1. The number of thiophene rings is 1. The molecule has 1 heterocycles.